The summed E-state index contributed by atoms with van der Waals surface area (Å²) in [5, 5.41) is 0. The van der Waals surface area contributed by atoms with E-state index in [1.165, 1.54) is 10.6 Å². The van der Waals surface area contributed by atoms with Crippen molar-refractivity contribution in [1.82, 2.24) is 9.55 Å². The molecular formula is C24H17N3O3. The van der Waals surface area contributed by atoms with Crippen LogP contribution in [-0.4, -0.2) is 27.3 Å². The number of para-hydroxylation sites is 2. The number of amides is 2. The third kappa shape index (κ3) is 2.58. The van der Waals surface area contributed by atoms with Gasteiger partial charge in [0.2, 0.25) is 0 Å². The van der Waals surface area contributed by atoms with Crippen molar-refractivity contribution in [3.63, 3.8) is 0 Å². The van der Waals surface area contributed by atoms with Gasteiger partial charge >= 0.3 is 0 Å². The molecule has 2 amide bonds. The minimum absolute atomic E-state index is 0.230. The van der Waals surface area contributed by atoms with Crippen LogP contribution < -0.4 is 4.90 Å². The van der Waals surface area contributed by atoms with E-state index in [1.54, 1.807) is 31.2 Å². The summed E-state index contributed by atoms with van der Waals surface area (Å²) in [5.41, 5.74) is 3.82. The molecule has 0 saturated heterocycles. The average molecular weight is 395 g/mol. The van der Waals surface area contributed by atoms with Gasteiger partial charge in [0.1, 0.15) is 5.82 Å². The number of imide groups is 1. The predicted octanol–water partition coefficient (Wildman–Crippen LogP) is 4.14. The van der Waals surface area contributed by atoms with Gasteiger partial charge in [0.25, 0.3) is 17.7 Å². The molecule has 0 unspecified atom stereocenters. The van der Waals surface area contributed by atoms with E-state index in [2.05, 4.69) is 4.98 Å². The number of anilines is 1. The van der Waals surface area contributed by atoms with Crippen molar-refractivity contribution in [3.8, 4) is 0 Å². The van der Waals surface area contributed by atoms with Crippen LogP contribution >= 0.6 is 0 Å². The molecule has 146 valence electrons. The van der Waals surface area contributed by atoms with E-state index in [0.717, 1.165) is 16.0 Å². The van der Waals surface area contributed by atoms with Crippen molar-refractivity contribution in [2.75, 3.05) is 4.90 Å². The maximum Gasteiger partial charge on any atom is 0.266 e. The Balaban J connectivity index is 1.57. The molecule has 1 aromatic heterocycles. The Labute approximate surface area is 172 Å². The minimum Gasteiger partial charge on any atom is -0.268 e. The number of imidazole rings is 1. The zero-order valence-electron chi connectivity index (χ0n) is 16.4. The SMILES string of the molecule is Cc1ccc(N2C(=O)c3ccc(C(=O)n4c(C)nc5ccccc54)cc3C2=O)cc1. The second kappa shape index (κ2) is 6.49. The van der Waals surface area contributed by atoms with E-state index in [9.17, 15) is 14.4 Å². The average Bonchev–Trinajstić information content (AvgIpc) is 3.21. The van der Waals surface area contributed by atoms with Crippen LogP contribution in [0.3, 0.4) is 0 Å². The van der Waals surface area contributed by atoms with Gasteiger partial charge in [-0.05, 0) is 56.3 Å². The molecule has 0 N–H and O–H groups in total. The molecule has 4 aromatic rings. The lowest BCUT2D eigenvalue weighted by atomic mass is 10.1. The summed E-state index contributed by atoms with van der Waals surface area (Å²) in [4.78, 5) is 44.7. The molecule has 0 spiro atoms. The molecule has 0 fully saturated rings. The largest absolute Gasteiger partial charge is 0.268 e. The van der Waals surface area contributed by atoms with Crippen LogP contribution in [-0.2, 0) is 0 Å². The normalized spacial score (nSPS) is 13.2. The molecule has 0 aliphatic carbocycles. The van der Waals surface area contributed by atoms with E-state index in [0.29, 0.717) is 28.2 Å². The maximum absolute atomic E-state index is 13.2. The number of carbonyl (C=O) groups excluding carboxylic acids is 3. The van der Waals surface area contributed by atoms with Crippen molar-refractivity contribution in [2.45, 2.75) is 13.8 Å². The fourth-order valence-corrected chi connectivity index (χ4v) is 3.83. The first-order valence-electron chi connectivity index (χ1n) is 9.54. The minimum atomic E-state index is -0.430. The van der Waals surface area contributed by atoms with Gasteiger partial charge in [0.15, 0.2) is 0 Å². The summed E-state index contributed by atoms with van der Waals surface area (Å²) < 4.78 is 1.52. The van der Waals surface area contributed by atoms with Gasteiger partial charge in [-0.15, -0.1) is 0 Å². The Morgan fingerprint density at radius 1 is 0.833 bits per heavy atom. The summed E-state index contributed by atoms with van der Waals surface area (Å²) in [7, 11) is 0. The number of nitrogens with zero attached hydrogens (tertiary/aromatic N) is 3. The highest BCUT2D eigenvalue weighted by Crippen LogP contribution is 2.30. The number of fused-ring (bicyclic) bond motifs is 2. The Bertz CT molecular complexity index is 1370. The van der Waals surface area contributed by atoms with E-state index < -0.39 is 5.91 Å². The molecule has 6 nitrogen and oxygen atoms in total. The third-order valence-electron chi connectivity index (χ3n) is 5.36. The first-order valence-corrected chi connectivity index (χ1v) is 9.54. The van der Waals surface area contributed by atoms with Crippen LogP contribution in [0.15, 0.2) is 66.7 Å². The first kappa shape index (κ1) is 18.0. The molecule has 0 bridgehead atoms. The van der Waals surface area contributed by atoms with Crippen LogP contribution in [0.4, 0.5) is 5.69 Å². The fourth-order valence-electron chi connectivity index (χ4n) is 3.83. The lowest BCUT2D eigenvalue weighted by molar-refractivity contribution is 0.0924. The topological polar surface area (TPSA) is 72.3 Å². The lowest BCUT2D eigenvalue weighted by Gasteiger charge is -2.13. The Morgan fingerprint density at radius 2 is 1.53 bits per heavy atom. The summed E-state index contributed by atoms with van der Waals surface area (Å²) in [6, 6.07) is 19.2. The van der Waals surface area contributed by atoms with Gasteiger partial charge in [-0.3, -0.25) is 19.0 Å². The zero-order valence-corrected chi connectivity index (χ0v) is 16.4. The quantitative estimate of drug-likeness (QED) is 0.478. The summed E-state index contributed by atoms with van der Waals surface area (Å²) in [6.07, 6.45) is 0. The molecule has 3 aromatic carbocycles. The number of carbonyl (C=O) groups is 3. The van der Waals surface area contributed by atoms with Crippen LogP contribution in [0.5, 0.6) is 0 Å². The molecule has 0 atom stereocenters. The van der Waals surface area contributed by atoms with Gasteiger partial charge in [-0.25, -0.2) is 9.88 Å². The molecule has 5 rings (SSSR count). The number of benzene rings is 3. The Kier molecular flexibility index (Phi) is 3.89. The number of hydrogen-bond acceptors (Lipinski definition) is 4. The fraction of sp³-hybridized carbons (Fsp3) is 0.0833. The highest BCUT2D eigenvalue weighted by Gasteiger charge is 2.37. The van der Waals surface area contributed by atoms with Crippen LogP contribution in [0.2, 0.25) is 0 Å². The van der Waals surface area contributed by atoms with Crippen LogP contribution in [0.25, 0.3) is 11.0 Å². The lowest BCUT2D eigenvalue weighted by Crippen LogP contribution is -2.29. The second-order valence-corrected chi connectivity index (χ2v) is 7.33. The summed E-state index contributed by atoms with van der Waals surface area (Å²) in [6.45, 7) is 3.70. The van der Waals surface area contributed by atoms with Gasteiger partial charge in [-0.2, -0.15) is 0 Å². The van der Waals surface area contributed by atoms with Gasteiger partial charge < -0.3 is 0 Å². The monoisotopic (exact) mass is 395 g/mol. The molecule has 6 heteroatoms. The zero-order chi connectivity index (χ0) is 21.0. The summed E-state index contributed by atoms with van der Waals surface area (Å²) >= 11 is 0. The van der Waals surface area contributed by atoms with E-state index in [1.807, 2.05) is 43.3 Å². The van der Waals surface area contributed by atoms with Crippen molar-refractivity contribution in [2.24, 2.45) is 0 Å². The highest BCUT2D eigenvalue weighted by molar-refractivity contribution is 6.34. The van der Waals surface area contributed by atoms with E-state index in [4.69, 9.17) is 0 Å². The highest BCUT2D eigenvalue weighted by atomic mass is 16.2. The van der Waals surface area contributed by atoms with Crippen molar-refractivity contribution in [1.29, 1.82) is 0 Å². The number of aryl methyl sites for hydroxylation is 2. The third-order valence-corrected chi connectivity index (χ3v) is 5.36. The van der Waals surface area contributed by atoms with Crippen molar-refractivity contribution >= 4 is 34.4 Å². The molecule has 1 aliphatic heterocycles. The molecule has 1 aliphatic rings. The van der Waals surface area contributed by atoms with E-state index >= 15 is 0 Å². The van der Waals surface area contributed by atoms with Crippen molar-refractivity contribution in [3.05, 3.63) is 94.8 Å². The van der Waals surface area contributed by atoms with Gasteiger partial charge in [-0.1, -0.05) is 29.8 Å². The standard InChI is InChI=1S/C24H17N3O3/c1-14-7-10-17(11-8-14)27-23(29)18-12-9-16(13-19(18)24(27)30)22(28)26-15(2)25-20-5-3-4-6-21(20)26/h3-13H,1-2H3. The van der Waals surface area contributed by atoms with Crippen molar-refractivity contribution < 1.29 is 14.4 Å². The molecule has 30 heavy (non-hydrogen) atoms. The summed E-state index contributed by atoms with van der Waals surface area (Å²) in [5.74, 6) is -0.550. The van der Waals surface area contributed by atoms with E-state index in [-0.39, 0.29) is 17.4 Å². The number of hydrogen-bond donors (Lipinski definition) is 0. The Hall–Kier alpha value is -4.06. The molecule has 0 radical (unpaired) electrons. The van der Waals surface area contributed by atoms with Crippen LogP contribution in [0, 0.1) is 13.8 Å². The molecule has 2 heterocycles. The second-order valence-electron chi connectivity index (χ2n) is 7.33. The van der Waals surface area contributed by atoms with Gasteiger partial charge in [0, 0.05) is 5.56 Å². The first-order chi connectivity index (χ1) is 14.5. The molecular weight excluding hydrogens is 378 g/mol. The predicted molar refractivity (Wildman–Crippen MR) is 113 cm³/mol. The Morgan fingerprint density at radius 3 is 2.30 bits per heavy atom. The smallest absolute Gasteiger partial charge is 0.266 e. The van der Waals surface area contributed by atoms with Crippen LogP contribution in [0.1, 0.15) is 42.5 Å². The maximum atomic E-state index is 13.2. The number of rotatable bonds is 2. The van der Waals surface area contributed by atoms with Gasteiger partial charge in [0.05, 0.1) is 27.8 Å². The number of aromatic nitrogens is 2. The molecule has 0 saturated carbocycles.